The average molecular weight is 356 g/mol. The molecule has 0 aliphatic rings. The van der Waals surface area contributed by atoms with E-state index in [0.717, 1.165) is 49.2 Å². The summed E-state index contributed by atoms with van der Waals surface area (Å²) in [5.74, 6) is 0.149. The number of unbranched alkanes of at least 4 members (excludes halogenated alkanes) is 1. The molecule has 0 unspecified atom stereocenters. The van der Waals surface area contributed by atoms with Crippen molar-refractivity contribution in [3.05, 3.63) is 47.2 Å². The largest absolute Gasteiger partial charge is 0.356 e. The summed E-state index contributed by atoms with van der Waals surface area (Å²) in [7, 11) is 1.92. The van der Waals surface area contributed by atoms with E-state index >= 15 is 0 Å². The van der Waals surface area contributed by atoms with Crippen LogP contribution in [0.1, 0.15) is 36.3 Å². The van der Waals surface area contributed by atoms with Gasteiger partial charge in [-0.1, -0.05) is 12.1 Å². The number of carbonyl (C=O) groups is 1. The van der Waals surface area contributed by atoms with Crippen molar-refractivity contribution in [3.8, 4) is 0 Å². The second kappa shape index (κ2) is 8.76. The van der Waals surface area contributed by atoms with Crippen LogP contribution in [0.25, 0.3) is 10.2 Å². The van der Waals surface area contributed by atoms with Gasteiger partial charge in [-0.25, -0.2) is 4.98 Å². The lowest BCUT2D eigenvalue weighted by Crippen LogP contribution is -2.24. The molecule has 0 radical (unpaired) electrons. The number of carbonyl (C=O) groups excluding carboxylic acids is 1. The molecule has 5 nitrogen and oxygen atoms in total. The minimum atomic E-state index is 0.149. The fraction of sp³-hybridized carbons (Fsp3) is 0.421. The zero-order valence-corrected chi connectivity index (χ0v) is 15.4. The first-order valence-corrected chi connectivity index (χ1v) is 9.61. The molecular formula is C19H24N4OS. The number of amides is 1. The monoisotopic (exact) mass is 356 g/mol. The molecule has 2 aromatic heterocycles. The zero-order valence-electron chi connectivity index (χ0n) is 14.6. The maximum Gasteiger partial charge on any atom is 0.219 e. The standard InChI is InChI=1S/C19H24N4OS/c1-23-14-15(13-21-23)7-6-12-20-18(24)10-4-5-11-19-22-16-8-2-3-9-17(16)25-19/h2-3,8-9,13-14H,4-7,10-12H2,1H3,(H,20,24). The van der Waals surface area contributed by atoms with Gasteiger partial charge >= 0.3 is 0 Å². The number of hydrogen-bond acceptors (Lipinski definition) is 4. The average Bonchev–Trinajstić information content (AvgIpc) is 3.21. The summed E-state index contributed by atoms with van der Waals surface area (Å²) in [6.07, 6.45) is 9.25. The molecule has 25 heavy (non-hydrogen) atoms. The Morgan fingerprint density at radius 1 is 1.20 bits per heavy atom. The van der Waals surface area contributed by atoms with Gasteiger partial charge in [0.2, 0.25) is 5.91 Å². The number of fused-ring (bicyclic) bond motifs is 1. The second-order valence-electron chi connectivity index (χ2n) is 6.26. The number of rotatable bonds is 9. The van der Waals surface area contributed by atoms with Crippen LogP contribution in [0.2, 0.25) is 0 Å². The number of aromatic nitrogens is 3. The topological polar surface area (TPSA) is 59.8 Å². The van der Waals surface area contributed by atoms with Crippen molar-refractivity contribution in [2.45, 2.75) is 38.5 Å². The Morgan fingerprint density at radius 3 is 2.88 bits per heavy atom. The van der Waals surface area contributed by atoms with E-state index in [1.54, 1.807) is 16.0 Å². The van der Waals surface area contributed by atoms with Crippen molar-refractivity contribution in [2.75, 3.05) is 6.54 Å². The molecule has 0 saturated heterocycles. The van der Waals surface area contributed by atoms with Crippen LogP contribution in [-0.4, -0.2) is 27.2 Å². The Hall–Kier alpha value is -2.21. The predicted octanol–water partition coefficient (Wildman–Crippen LogP) is 3.49. The van der Waals surface area contributed by atoms with Crippen LogP contribution < -0.4 is 5.32 Å². The summed E-state index contributed by atoms with van der Waals surface area (Å²) in [5.41, 5.74) is 2.29. The van der Waals surface area contributed by atoms with Crippen LogP contribution in [0.4, 0.5) is 0 Å². The van der Waals surface area contributed by atoms with Crippen molar-refractivity contribution in [2.24, 2.45) is 7.05 Å². The normalized spacial score (nSPS) is 11.1. The van der Waals surface area contributed by atoms with Crippen molar-refractivity contribution < 1.29 is 4.79 Å². The van der Waals surface area contributed by atoms with Crippen LogP contribution in [0, 0.1) is 0 Å². The van der Waals surface area contributed by atoms with Gasteiger partial charge in [0.05, 0.1) is 21.4 Å². The molecule has 1 amide bonds. The summed E-state index contributed by atoms with van der Waals surface area (Å²) < 4.78 is 3.04. The molecule has 1 N–H and O–H groups in total. The van der Waals surface area contributed by atoms with E-state index in [1.807, 2.05) is 37.6 Å². The molecule has 0 spiro atoms. The Morgan fingerprint density at radius 2 is 2.08 bits per heavy atom. The maximum atomic E-state index is 11.9. The number of thiazole rings is 1. The third-order valence-corrected chi connectivity index (χ3v) is 5.20. The lowest BCUT2D eigenvalue weighted by Gasteiger charge is -2.04. The number of hydrogen-bond donors (Lipinski definition) is 1. The highest BCUT2D eigenvalue weighted by atomic mass is 32.1. The van der Waals surface area contributed by atoms with Gasteiger partial charge in [-0.3, -0.25) is 9.48 Å². The number of aryl methyl sites for hydroxylation is 3. The minimum absolute atomic E-state index is 0.149. The van der Waals surface area contributed by atoms with Crippen molar-refractivity contribution in [1.29, 1.82) is 0 Å². The van der Waals surface area contributed by atoms with Gasteiger partial charge in [-0.15, -0.1) is 11.3 Å². The highest BCUT2D eigenvalue weighted by molar-refractivity contribution is 7.18. The minimum Gasteiger partial charge on any atom is -0.356 e. The lowest BCUT2D eigenvalue weighted by atomic mass is 10.2. The van der Waals surface area contributed by atoms with Gasteiger partial charge in [0.25, 0.3) is 0 Å². The van der Waals surface area contributed by atoms with Gasteiger partial charge in [0.15, 0.2) is 0 Å². The molecule has 2 heterocycles. The summed E-state index contributed by atoms with van der Waals surface area (Å²) in [6.45, 7) is 0.728. The quantitative estimate of drug-likeness (QED) is 0.597. The summed E-state index contributed by atoms with van der Waals surface area (Å²) in [5, 5.41) is 8.31. The third-order valence-electron chi connectivity index (χ3n) is 4.11. The van der Waals surface area contributed by atoms with E-state index in [0.29, 0.717) is 6.42 Å². The Bertz CT molecular complexity index is 791. The first-order chi connectivity index (χ1) is 12.2. The van der Waals surface area contributed by atoms with Crippen molar-refractivity contribution >= 4 is 27.5 Å². The fourth-order valence-corrected chi connectivity index (χ4v) is 3.81. The first-order valence-electron chi connectivity index (χ1n) is 8.79. The van der Waals surface area contributed by atoms with Gasteiger partial charge in [-0.05, 0) is 49.8 Å². The van der Waals surface area contributed by atoms with Gasteiger partial charge < -0.3 is 5.32 Å². The van der Waals surface area contributed by atoms with Gasteiger partial charge in [-0.2, -0.15) is 5.10 Å². The SMILES string of the molecule is Cn1cc(CCCNC(=O)CCCCc2nc3ccccc3s2)cn1. The molecule has 6 heteroatoms. The summed E-state index contributed by atoms with van der Waals surface area (Å²) in [6, 6.07) is 8.22. The van der Waals surface area contributed by atoms with Crippen molar-refractivity contribution in [1.82, 2.24) is 20.1 Å². The molecule has 1 aromatic carbocycles. The van der Waals surface area contributed by atoms with Crippen LogP contribution in [0.3, 0.4) is 0 Å². The van der Waals surface area contributed by atoms with Crippen LogP contribution in [0.15, 0.2) is 36.7 Å². The molecule has 0 saturated carbocycles. The second-order valence-corrected chi connectivity index (χ2v) is 7.37. The summed E-state index contributed by atoms with van der Waals surface area (Å²) in [4.78, 5) is 16.5. The molecule has 132 valence electrons. The van der Waals surface area contributed by atoms with Gasteiger partial charge in [0, 0.05) is 26.2 Å². The highest BCUT2D eigenvalue weighted by Gasteiger charge is 2.05. The van der Waals surface area contributed by atoms with E-state index in [9.17, 15) is 4.79 Å². The molecule has 3 aromatic rings. The third kappa shape index (κ3) is 5.39. The molecule has 0 bridgehead atoms. The van der Waals surface area contributed by atoms with Crippen LogP contribution in [-0.2, 0) is 24.7 Å². The van der Waals surface area contributed by atoms with E-state index in [2.05, 4.69) is 21.5 Å². The van der Waals surface area contributed by atoms with E-state index in [1.165, 1.54) is 10.3 Å². The number of nitrogens with zero attached hydrogens (tertiary/aromatic N) is 3. The van der Waals surface area contributed by atoms with Crippen LogP contribution in [0.5, 0.6) is 0 Å². The Balaban J connectivity index is 1.27. The lowest BCUT2D eigenvalue weighted by molar-refractivity contribution is -0.121. The maximum absolute atomic E-state index is 11.9. The Labute approximate surface area is 152 Å². The number of nitrogens with one attached hydrogen (secondary N) is 1. The molecule has 0 aliphatic heterocycles. The predicted molar refractivity (Wildman–Crippen MR) is 102 cm³/mol. The van der Waals surface area contributed by atoms with E-state index in [4.69, 9.17) is 0 Å². The molecule has 0 fully saturated rings. The van der Waals surface area contributed by atoms with E-state index < -0.39 is 0 Å². The zero-order chi connectivity index (χ0) is 17.5. The van der Waals surface area contributed by atoms with Gasteiger partial charge in [0.1, 0.15) is 0 Å². The van der Waals surface area contributed by atoms with Crippen molar-refractivity contribution in [3.63, 3.8) is 0 Å². The fourth-order valence-electron chi connectivity index (χ4n) is 2.80. The van der Waals surface area contributed by atoms with Crippen LogP contribution >= 0.6 is 11.3 Å². The molecule has 0 aliphatic carbocycles. The number of benzene rings is 1. The smallest absolute Gasteiger partial charge is 0.219 e. The molecule has 0 atom stereocenters. The Kier molecular flexibility index (Phi) is 6.17. The number of para-hydroxylation sites is 1. The summed E-state index contributed by atoms with van der Waals surface area (Å²) >= 11 is 1.75. The van der Waals surface area contributed by atoms with E-state index in [-0.39, 0.29) is 5.91 Å². The highest BCUT2D eigenvalue weighted by Crippen LogP contribution is 2.22. The molecular weight excluding hydrogens is 332 g/mol. The molecule has 3 rings (SSSR count). The first kappa shape index (κ1) is 17.6.